The van der Waals surface area contributed by atoms with Gasteiger partial charge in [0.2, 0.25) is 5.91 Å². The Labute approximate surface area is 203 Å². The van der Waals surface area contributed by atoms with Crippen LogP contribution in [-0.2, 0) is 11.3 Å². The molecule has 0 aliphatic carbocycles. The zero-order valence-electron chi connectivity index (χ0n) is 20.1. The van der Waals surface area contributed by atoms with Crippen molar-refractivity contribution in [2.24, 2.45) is 0 Å². The van der Waals surface area contributed by atoms with Crippen LogP contribution < -0.4 is 10.6 Å². The molecule has 7 nitrogen and oxygen atoms in total. The highest BCUT2D eigenvalue weighted by Gasteiger charge is 2.25. The monoisotopic (exact) mass is 483 g/mol. The standard InChI is InChI=1S/C25H30FN5O2S/c1-6-21(24(33)28-20-14-15(3)12-13-16(20)4)34-25-30-29-22(31(25)7-2)17(5)27-23(32)18-10-8-9-11-19(18)26/h8-14,17,21H,6-7H2,1-5H3,(H,27,32)(H,28,33)/t17-,21-/m0/s1. The van der Waals surface area contributed by atoms with E-state index in [0.717, 1.165) is 16.8 Å². The number of carbonyl (C=O) groups excluding carboxylic acids is 2. The molecule has 3 rings (SSSR count). The minimum absolute atomic E-state index is 0.0272. The molecule has 0 fully saturated rings. The first-order valence-electron chi connectivity index (χ1n) is 11.3. The van der Waals surface area contributed by atoms with Crippen molar-refractivity contribution >= 4 is 29.3 Å². The molecule has 0 radical (unpaired) electrons. The van der Waals surface area contributed by atoms with Crippen LogP contribution in [0.2, 0.25) is 0 Å². The van der Waals surface area contributed by atoms with E-state index in [0.29, 0.717) is 23.9 Å². The van der Waals surface area contributed by atoms with Crippen LogP contribution in [0.25, 0.3) is 0 Å². The van der Waals surface area contributed by atoms with Gasteiger partial charge in [0.1, 0.15) is 5.82 Å². The van der Waals surface area contributed by atoms with Gasteiger partial charge in [0, 0.05) is 12.2 Å². The normalized spacial score (nSPS) is 12.8. The number of hydrogen-bond acceptors (Lipinski definition) is 5. The summed E-state index contributed by atoms with van der Waals surface area (Å²) in [5.41, 5.74) is 2.84. The zero-order valence-corrected chi connectivity index (χ0v) is 20.9. The van der Waals surface area contributed by atoms with Crippen LogP contribution in [0.5, 0.6) is 0 Å². The number of hydrogen-bond donors (Lipinski definition) is 2. The van der Waals surface area contributed by atoms with E-state index in [1.165, 1.54) is 30.0 Å². The number of amides is 2. The quantitative estimate of drug-likeness (QED) is 0.416. The third-order valence-corrected chi connectivity index (χ3v) is 6.82. The Kier molecular flexibility index (Phi) is 8.44. The topological polar surface area (TPSA) is 88.9 Å². The Bertz CT molecular complexity index is 1180. The maximum atomic E-state index is 14.0. The smallest absolute Gasteiger partial charge is 0.254 e. The molecule has 34 heavy (non-hydrogen) atoms. The van der Waals surface area contributed by atoms with Gasteiger partial charge in [-0.05, 0) is 63.4 Å². The minimum Gasteiger partial charge on any atom is -0.342 e. The minimum atomic E-state index is -0.582. The highest BCUT2D eigenvalue weighted by atomic mass is 32.2. The highest BCUT2D eigenvalue weighted by molar-refractivity contribution is 8.00. The molecule has 0 bridgehead atoms. The van der Waals surface area contributed by atoms with Crippen LogP contribution in [0.15, 0.2) is 47.6 Å². The predicted octanol–water partition coefficient (Wildman–Crippen LogP) is 5.05. The molecule has 1 heterocycles. The van der Waals surface area contributed by atoms with E-state index >= 15 is 0 Å². The number of aromatic nitrogens is 3. The lowest BCUT2D eigenvalue weighted by atomic mass is 10.1. The van der Waals surface area contributed by atoms with Crippen LogP contribution >= 0.6 is 11.8 Å². The molecule has 0 aliphatic heterocycles. The summed E-state index contributed by atoms with van der Waals surface area (Å²) in [6.07, 6.45) is 0.604. The van der Waals surface area contributed by atoms with Crippen molar-refractivity contribution < 1.29 is 14.0 Å². The number of anilines is 1. The van der Waals surface area contributed by atoms with Crippen molar-refractivity contribution in [3.05, 3.63) is 70.8 Å². The van der Waals surface area contributed by atoms with Gasteiger partial charge in [-0.1, -0.05) is 43.0 Å². The molecular formula is C25H30FN5O2S. The molecule has 2 atom stereocenters. The number of halogens is 1. The Morgan fingerprint density at radius 2 is 1.85 bits per heavy atom. The summed E-state index contributed by atoms with van der Waals surface area (Å²) < 4.78 is 15.8. The average Bonchev–Trinajstić information content (AvgIpc) is 3.22. The highest BCUT2D eigenvalue weighted by Crippen LogP contribution is 2.28. The molecule has 1 aromatic heterocycles. The largest absolute Gasteiger partial charge is 0.342 e. The van der Waals surface area contributed by atoms with Gasteiger partial charge < -0.3 is 15.2 Å². The van der Waals surface area contributed by atoms with Gasteiger partial charge in [-0.25, -0.2) is 4.39 Å². The summed E-state index contributed by atoms with van der Waals surface area (Å²) in [7, 11) is 0. The van der Waals surface area contributed by atoms with E-state index in [1.54, 1.807) is 13.0 Å². The molecule has 2 amide bonds. The van der Waals surface area contributed by atoms with Crippen molar-refractivity contribution in [2.45, 2.75) is 64.0 Å². The van der Waals surface area contributed by atoms with Gasteiger partial charge in [0.05, 0.1) is 16.9 Å². The summed E-state index contributed by atoms with van der Waals surface area (Å²) >= 11 is 1.34. The second-order valence-corrected chi connectivity index (χ2v) is 9.25. The molecule has 0 spiro atoms. The predicted molar refractivity (Wildman–Crippen MR) is 132 cm³/mol. The number of aryl methyl sites for hydroxylation is 2. The molecular weight excluding hydrogens is 453 g/mol. The number of benzene rings is 2. The van der Waals surface area contributed by atoms with Crippen LogP contribution in [0.1, 0.15) is 60.5 Å². The molecule has 2 N–H and O–H groups in total. The molecule has 0 saturated heterocycles. The Balaban J connectivity index is 1.74. The van der Waals surface area contributed by atoms with Gasteiger partial charge in [-0.15, -0.1) is 10.2 Å². The van der Waals surface area contributed by atoms with Crippen molar-refractivity contribution in [2.75, 3.05) is 5.32 Å². The van der Waals surface area contributed by atoms with Crippen molar-refractivity contribution in [1.82, 2.24) is 20.1 Å². The first kappa shape index (κ1) is 25.4. The molecule has 0 aliphatic rings. The van der Waals surface area contributed by atoms with Gasteiger partial charge in [-0.3, -0.25) is 9.59 Å². The van der Waals surface area contributed by atoms with Gasteiger partial charge in [-0.2, -0.15) is 0 Å². The van der Waals surface area contributed by atoms with Crippen molar-refractivity contribution in [3.63, 3.8) is 0 Å². The van der Waals surface area contributed by atoms with Crippen molar-refractivity contribution in [1.29, 1.82) is 0 Å². The van der Waals surface area contributed by atoms with Crippen LogP contribution in [0.4, 0.5) is 10.1 Å². The fraction of sp³-hybridized carbons (Fsp3) is 0.360. The van der Waals surface area contributed by atoms with E-state index in [4.69, 9.17) is 0 Å². The van der Waals surface area contributed by atoms with E-state index in [9.17, 15) is 14.0 Å². The third kappa shape index (κ3) is 5.83. The first-order valence-corrected chi connectivity index (χ1v) is 12.2. The lowest BCUT2D eigenvalue weighted by Crippen LogP contribution is -2.29. The first-order chi connectivity index (χ1) is 16.2. The van der Waals surface area contributed by atoms with E-state index in [2.05, 4.69) is 20.8 Å². The zero-order chi connectivity index (χ0) is 24.8. The lowest BCUT2D eigenvalue weighted by molar-refractivity contribution is -0.115. The van der Waals surface area contributed by atoms with Crippen LogP contribution in [0, 0.1) is 19.7 Å². The van der Waals surface area contributed by atoms with E-state index in [-0.39, 0.29) is 16.7 Å². The Morgan fingerprint density at radius 1 is 1.12 bits per heavy atom. The second kappa shape index (κ2) is 11.3. The molecule has 0 saturated carbocycles. The summed E-state index contributed by atoms with van der Waals surface area (Å²) in [4.78, 5) is 25.5. The number of carbonyl (C=O) groups is 2. The lowest BCUT2D eigenvalue weighted by Gasteiger charge is -2.18. The average molecular weight is 484 g/mol. The number of rotatable bonds is 9. The molecule has 2 aromatic carbocycles. The summed E-state index contributed by atoms with van der Waals surface area (Å²) in [5, 5.41) is 14.6. The fourth-order valence-electron chi connectivity index (χ4n) is 3.52. The second-order valence-electron chi connectivity index (χ2n) is 8.08. The maximum Gasteiger partial charge on any atom is 0.254 e. The van der Waals surface area contributed by atoms with Crippen LogP contribution in [0.3, 0.4) is 0 Å². The molecule has 3 aromatic rings. The summed E-state index contributed by atoms with van der Waals surface area (Å²) in [6.45, 7) is 10.2. The Morgan fingerprint density at radius 3 is 2.53 bits per heavy atom. The number of nitrogens with one attached hydrogen (secondary N) is 2. The fourth-order valence-corrected chi connectivity index (χ4v) is 4.55. The van der Waals surface area contributed by atoms with Gasteiger partial charge in [0.25, 0.3) is 5.91 Å². The van der Waals surface area contributed by atoms with Gasteiger partial charge in [0.15, 0.2) is 11.0 Å². The van der Waals surface area contributed by atoms with E-state index in [1.807, 2.05) is 50.5 Å². The summed E-state index contributed by atoms with van der Waals surface area (Å²) in [5.74, 6) is -0.667. The van der Waals surface area contributed by atoms with Gasteiger partial charge >= 0.3 is 0 Å². The third-order valence-electron chi connectivity index (χ3n) is 5.48. The molecule has 0 unspecified atom stereocenters. The molecule has 9 heteroatoms. The number of thioether (sulfide) groups is 1. The Hall–Kier alpha value is -3.20. The summed E-state index contributed by atoms with van der Waals surface area (Å²) in [6, 6.07) is 11.3. The SMILES string of the molecule is CC[C@H](Sc1nnc([C@H](C)NC(=O)c2ccccc2F)n1CC)C(=O)Nc1cc(C)ccc1C. The van der Waals surface area contributed by atoms with Crippen molar-refractivity contribution in [3.8, 4) is 0 Å². The maximum absolute atomic E-state index is 14.0. The van der Waals surface area contributed by atoms with Crippen LogP contribution in [-0.4, -0.2) is 31.8 Å². The van der Waals surface area contributed by atoms with E-state index < -0.39 is 17.8 Å². The molecule has 180 valence electrons. The number of nitrogens with zero attached hydrogens (tertiary/aromatic N) is 3.